The van der Waals surface area contributed by atoms with Crippen molar-refractivity contribution in [2.24, 2.45) is 0 Å². The van der Waals surface area contributed by atoms with Crippen molar-refractivity contribution in [1.82, 2.24) is 10.2 Å². The lowest BCUT2D eigenvalue weighted by Crippen LogP contribution is -2.25. The van der Waals surface area contributed by atoms with E-state index in [9.17, 15) is 0 Å². The van der Waals surface area contributed by atoms with Gasteiger partial charge < -0.3 is 15.0 Å². The van der Waals surface area contributed by atoms with Gasteiger partial charge in [-0.05, 0) is 38.2 Å². The van der Waals surface area contributed by atoms with Crippen molar-refractivity contribution in [1.29, 1.82) is 0 Å². The molecule has 1 N–H and O–H groups in total. The third-order valence-electron chi connectivity index (χ3n) is 3.01. The molecule has 108 valence electrons. The zero-order valence-electron chi connectivity index (χ0n) is 12.8. The topological polar surface area (TPSA) is 24.5 Å². The van der Waals surface area contributed by atoms with E-state index < -0.39 is 0 Å². The van der Waals surface area contributed by atoms with Crippen molar-refractivity contribution >= 4 is 0 Å². The van der Waals surface area contributed by atoms with E-state index in [0.717, 1.165) is 26.1 Å². The van der Waals surface area contributed by atoms with E-state index in [1.165, 1.54) is 11.1 Å². The molecule has 1 aromatic carbocycles. The third kappa shape index (κ3) is 7.31. The Bertz CT molecular complexity index is 350. The Labute approximate surface area is 118 Å². The largest absolute Gasteiger partial charge is 0.375 e. The summed E-state index contributed by atoms with van der Waals surface area (Å²) in [5, 5.41) is 3.46. The SMILES string of the molecule is CC(C)NCCc1ccccc1COCCN(C)C. The van der Waals surface area contributed by atoms with Gasteiger partial charge in [0.1, 0.15) is 0 Å². The molecular weight excluding hydrogens is 236 g/mol. The van der Waals surface area contributed by atoms with E-state index in [0.29, 0.717) is 12.6 Å². The van der Waals surface area contributed by atoms with Crippen LogP contribution in [0.15, 0.2) is 24.3 Å². The number of rotatable bonds is 9. The number of likely N-dealkylation sites (N-methyl/N-ethyl adjacent to an activating group) is 1. The number of hydrogen-bond donors (Lipinski definition) is 1. The van der Waals surface area contributed by atoms with E-state index in [4.69, 9.17) is 4.74 Å². The van der Waals surface area contributed by atoms with Gasteiger partial charge in [-0.3, -0.25) is 0 Å². The van der Waals surface area contributed by atoms with Crippen LogP contribution in [0.3, 0.4) is 0 Å². The molecular formula is C16H28N2O. The minimum absolute atomic E-state index is 0.545. The van der Waals surface area contributed by atoms with Crippen molar-refractivity contribution in [2.75, 3.05) is 33.8 Å². The maximum Gasteiger partial charge on any atom is 0.0720 e. The van der Waals surface area contributed by atoms with E-state index in [1.807, 2.05) is 0 Å². The monoisotopic (exact) mass is 264 g/mol. The number of nitrogens with zero attached hydrogens (tertiary/aromatic N) is 1. The molecule has 0 aliphatic carbocycles. The second kappa shape index (κ2) is 9.08. The zero-order chi connectivity index (χ0) is 14.1. The molecule has 0 aliphatic heterocycles. The average molecular weight is 264 g/mol. The normalized spacial score (nSPS) is 11.5. The molecule has 3 nitrogen and oxygen atoms in total. The molecule has 0 radical (unpaired) electrons. The summed E-state index contributed by atoms with van der Waals surface area (Å²) in [5.74, 6) is 0. The Balaban J connectivity index is 2.39. The molecule has 0 atom stereocenters. The molecule has 19 heavy (non-hydrogen) atoms. The van der Waals surface area contributed by atoms with E-state index in [1.54, 1.807) is 0 Å². The van der Waals surface area contributed by atoms with Crippen molar-refractivity contribution in [3.63, 3.8) is 0 Å². The molecule has 0 aromatic heterocycles. The van der Waals surface area contributed by atoms with Crippen molar-refractivity contribution in [3.05, 3.63) is 35.4 Å². The van der Waals surface area contributed by atoms with Gasteiger partial charge in [0.2, 0.25) is 0 Å². The highest BCUT2D eigenvalue weighted by atomic mass is 16.5. The second-order valence-corrected chi connectivity index (χ2v) is 5.48. The van der Waals surface area contributed by atoms with Crippen molar-refractivity contribution < 1.29 is 4.74 Å². The van der Waals surface area contributed by atoms with Crippen LogP contribution in [0.4, 0.5) is 0 Å². The molecule has 3 heteroatoms. The molecule has 0 saturated heterocycles. The highest BCUT2D eigenvalue weighted by Crippen LogP contribution is 2.10. The quantitative estimate of drug-likeness (QED) is 0.693. The zero-order valence-corrected chi connectivity index (χ0v) is 12.8. The minimum Gasteiger partial charge on any atom is -0.375 e. The highest BCUT2D eigenvalue weighted by Gasteiger charge is 2.02. The van der Waals surface area contributed by atoms with Gasteiger partial charge in [0.05, 0.1) is 13.2 Å². The van der Waals surface area contributed by atoms with Gasteiger partial charge in [0.15, 0.2) is 0 Å². The summed E-state index contributed by atoms with van der Waals surface area (Å²) >= 11 is 0. The fourth-order valence-corrected chi connectivity index (χ4v) is 1.87. The summed E-state index contributed by atoms with van der Waals surface area (Å²) in [4.78, 5) is 2.14. The molecule has 0 aliphatic rings. The van der Waals surface area contributed by atoms with E-state index in [-0.39, 0.29) is 0 Å². The Hall–Kier alpha value is -0.900. The lowest BCUT2D eigenvalue weighted by atomic mass is 10.1. The number of benzene rings is 1. The molecule has 0 spiro atoms. The number of ether oxygens (including phenoxy) is 1. The van der Waals surface area contributed by atoms with Crippen molar-refractivity contribution in [2.45, 2.75) is 32.9 Å². The summed E-state index contributed by atoms with van der Waals surface area (Å²) in [6.45, 7) is 7.84. The first-order chi connectivity index (χ1) is 9.09. The minimum atomic E-state index is 0.545. The molecule has 1 aromatic rings. The maximum atomic E-state index is 5.74. The lowest BCUT2D eigenvalue weighted by molar-refractivity contribution is 0.105. The van der Waals surface area contributed by atoms with Gasteiger partial charge in [-0.2, -0.15) is 0 Å². The summed E-state index contributed by atoms with van der Waals surface area (Å²) in [7, 11) is 4.13. The van der Waals surface area contributed by atoms with Crippen LogP contribution in [0.2, 0.25) is 0 Å². The predicted octanol–water partition coefficient (Wildman–Crippen LogP) is 2.31. The average Bonchev–Trinajstić information content (AvgIpc) is 2.35. The summed E-state index contributed by atoms with van der Waals surface area (Å²) in [5.41, 5.74) is 2.70. The van der Waals surface area contributed by atoms with Crippen molar-refractivity contribution in [3.8, 4) is 0 Å². The Morgan fingerprint density at radius 1 is 1.16 bits per heavy atom. The number of hydrogen-bond acceptors (Lipinski definition) is 3. The van der Waals surface area contributed by atoms with E-state index >= 15 is 0 Å². The summed E-state index contributed by atoms with van der Waals surface area (Å²) in [6.07, 6.45) is 1.06. The van der Waals surface area contributed by atoms with Gasteiger partial charge in [-0.1, -0.05) is 38.1 Å². The molecule has 0 heterocycles. The molecule has 0 amide bonds. The first-order valence-corrected chi connectivity index (χ1v) is 7.12. The third-order valence-corrected chi connectivity index (χ3v) is 3.01. The smallest absolute Gasteiger partial charge is 0.0720 e. The maximum absolute atomic E-state index is 5.74. The van der Waals surface area contributed by atoms with Crippen LogP contribution < -0.4 is 5.32 Å². The van der Waals surface area contributed by atoms with Gasteiger partial charge >= 0.3 is 0 Å². The Kier molecular flexibility index (Phi) is 7.72. The molecule has 1 rings (SSSR count). The van der Waals surface area contributed by atoms with Crippen LogP contribution in [-0.4, -0.2) is 44.7 Å². The standard InChI is InChI=1S/C16H28N2O/c1-14(2)17-10-9-15-7-5-6-8-16(15)13-19-12-11-18(3)4/h5-8,14,17H,9-13H2,1-4H3. The molecule has 0 fully saturated rings. The first-order valence-electron chi connectivity index (χ1n) is 7.12. The summed E-state index contributed by atoms with van der Waals surface area (Å²) < 4.78 is 5.74. The summed E-state index contributed by atoms with van der Waals surface area (Å²) in [6, 6.07) is 9.11. The van der Waals surface area contributed by atoms with Crippen LogP contribution in [0.25, 0.3) is 0 Å². The number of nitrogens with one attached hydrogen (secondary N) is 1. The van der Waals surface area contributed by atoms with Gasteiger partial charge in [0.25, 0.3) is 0 Å². The lowest BCUT2D eigenvalue weighted by Gasteiger charge is -2.13. The highest BCUT2D eigenvalue weighted by molar-refractivity contribution is 5.26. The first kappa shape index (κ1) is 16.2. The predicted molar refractivity (Wildman–Crippen MR) is 81.5 cm³/mol. The molecule has 0 bridgehead atoms. The molecule has 0 saturated carbocycles. The van der Waals surface area contributed by atoms with Crippen LogP contribution in [-0.2, 0) is 17.8 Å². The fourth-order valence-electron chi connectivity index (χ4n) is 1.87. The Morgan fingerprint density at radius 2 is 1.84 bits per heavy atom. The van der Waals surface area contributed by atoms with Crippen LogP contribution >= 0.6 is 0 Å². The molecule has 0 unspecified atom stereocenters. The van der Waals surface area contributed by atoms with Crippen LogP contribution in [0, 0.1) is 0 Å². The van der Waals surface area contributed by atoms with E-state index in [2.05, 4.69) is 62.4 Å². The van der Waals surface area contributed by atoms with Crippen LogP contribution in [0.1, 0.15) is 25.0 Å². The van der Waals surface area contributed by atoms with Gasteiger partial charge in [-0.15, -0.1) is 0 Å². The fraction of sp³-hybridized carbons (Fsp3) is 0.625. The van der Waals surface area contributed by atoms with Crippen LogP contribution in [0.5, 0.6) is 0 Å². The Morgan fingerprint density at radius 3 is 2.47 bits per heavy atom. The second-order valence-electron chi connectivity index (χ2n) is 5.48. The van der Waals surface area contributed by atoms with Gasteiger partial charge in [0, 0.05) is 12.6 Å². The van der Waals surface area contributed by atoms with Gasteiger partial charge in [-0.25, -0.2) is 0 Å².